The zero-order chi connectivity index (χ0) is 44.3. The van der Waals surface area contributed by atoms with Gasteiger partial charge in [-0.1, -0.05) is 78.6 Å². The van der Waals surface area contributed by atoms with Crippen molar-refractivity contribution in [1.29, 1.82) is 0 Å². The third-order valence-electron chi connectivity index (χ3n) is 12.9. The Labute approximate surface area is 374 Å². The van der Waals surface area contributed by atoms with E-state index >= 15 is 4.39 Å². The molecule has 4 aromatic carbocycles. The molecule has 4 heterocycles. The van der Waals surface area contributed by atoms with Crippen LogP contribution in [0, 0.1) is 17.7 Å². The molecular formula is C48H45Cl2FN6O6. The molecule has 12 nitrogen and oxygen atoms in total. The number of imide groups is 1. The van der Waals surface area contributed by atoms with Gasteiger partial charge >= 0.3 is 0 Å². The average Bonchev–Trinajstić information content (AvgIpc) is 3.88. The van der Waals surface area contributed by atoms with Gasteiger partial charge in [-0.25, -0.2) is 4.39 Å². The lowest BCUT2D eigenvalue weighted by Crippen LogP contribution is -2.60. The molecule has 3 atom stereocenters. The third kappa shape index (κ3) is 8.31. The molecule has 2 saturated heterocycles. The van der Waals surface area contributed by atoms with Crippen molar-refractivity contribution in [3.05, 3.63) is 128 Å². The molecule has 1 saturated carbocycles. The first kappa shape index (κ1) is 43.6. The van der Waals surface area contributed by atoms with Crippen LogP contribution in [0.3, 0.4) is 0 Å². The van der Waals surface area contributed by atoms with Crippen LogP contribution in [-0.2, 0) is 31.1 Å². The zero-order valence-electron chi connectivity index (χ0n) is 34.3. The summed E-state index contributed by atoms with van der Waals surface area (Å²) in [4.78, 5) is 74.2. The maximum atomic E-state index is 15.1. The van der Waals surface area contributed by atoms with Crippen molar-refractivity contribution in [3.63, 3.8) is 0 Å². The van der Waals surface area contributed by atoms with Crippen molar-refractivity contribution in [1.82, 2.24) is 20.9 Å². The highest BCUT2D eigenvalue weighted by Gasteiger charge is 2.68. The maximum Gasteiger partial charge on any atom is 0.255 e. The topological polar surface area (TPSA) is 166 Å². The minimum atomic E-state index is -0.876. The Bertz CT molecular complexity index is 2570. The Morgan fingerprint density at radius 1 is 0.952 bits per heavy atom. The lowest BCUT2D eigenvalue weighted by molar-refractivity contribution is -0.137. The third-order valence-corrected chi connectivity index (χ3v) is 13.4. The second-order valence-electron chi connectivity index (χ2n) is 16.4. The number of carbonyl (C=O) groups excluding carboxylic acids is 6. The molecule has 1 aliphatic carbocycles. The summed E-state index contributed by atoms with van der Waals surface area (Å²) in [6.07, 6.45) is 7.40. The van der Waals surface area contributed by atoms with Gasteiger partial charge in [0.25, 0.3) is 11.8 Å². The van der Waals surface area contributed by atoms with Gasteiger partial charge in [-0.05, 0) is 97.0 Å². The standard InChI is InChI=1S/C26H24N4O5.C22H21Cl2FN2O/c31-16-28-20-9-7-18(8-10-20)24(33)27-13-3-1-2-4-17-5-6-19-15-30(26(35)21(19)14-17)22-11-12-23(32)29-25(22)34;23-13-7-8-15-18(11-13)27-20(28)22(15)16(14-5-4-6-17(24)19(14)25)12-26-21(22)9-2-1-3-10-21/h5-10,14,16,22H,1,3,11-13,15H2,(H,27,33)(H,28,31)(H,29,32,34);4-8,11,16,26H,1-3,9-10,12H2,(H,27,28)/t;16?,22-/m.1/s1. The van der Waals surface area contributed by atoms with E-state index in [-0.39, 0.29) is 41.0 Å². The van der Waals surface area contributed by atoms with E-state index in [1.807, 2.05) is 24.3 Å². The molecule has 15 heteroatoms. The van der Waals surface area contributed by atoms with Gasteiger partial charge in [0.15, 0.2) is 0 Å². The largest absolute Gasteiger partial charge is 0.352 e. The quantitative estimate of drug-likeness (QED) is 0.0551. The van der Waals surface area contributed by atoms with Crippen molar-refractivity contribution in [2.75, 3.05) is 23.7 Å². The Kier molecular flexibility index (Phi) is 12.7. The molecule has 3 fully saturated rings. The lowest BCUT2D eigenvalue weighted by Gasteiger charge is -2.47. The first-order valence-electron chi connectivity index (χ1n) is 21.1. The van der Waals surface area contributed by atoms with Crippen LogP contribution >= 0.6 is 23.2 Å². The number of anilines is 2. The van der Waals surface area contributed by atoms with Gasteiger partial charge in [0.05, 0.1) is 5.02 Å². The number of piperidine rings is 1. The number of halogens is 3. The number of rotatable bonds is 8. The summed E-state index contributed by atoms with van der Waals surface area (Å²) in [5.74, 6) is 4.10. The van der Waals surface area contributed by atoms with Crippen LogP contribution in [0.25, 0.3) is 0 Å². The van der Waals surface area contributed by atoms with E-state index in [4.69, 9.17) is 23.2 Å². The monoisotopic (exact) mass is 890 g/mol. The molecule has 4 aromatic rings. The predicted octanol–water partition coefficient (Wildman–Crippen LogP) is 6.99. The average molecular weight is 892 g/mol. The van der Waals surface area contributed by atoms with Crippen LogP contribution in [-0.4, -0.2) is 65.5 Å². The van der Waals surface area contributed by atoms with Gasteiger partial charge in [-0.15, -0.1) is 0 Å². The smallest absolute Gasteiger partial charge is 0.255 e. The number of hydrogen-bond acceptors (Lipinski definition) is 7. The van der Waals surface area contributed by atoms with Gasteiger partial charge in [0.1, 0.15) is 17.3 Å². The molecule has 6 amide bonds. The molecule has 0 bridgehead atoms. The number of benzene rings is 4. The summed E-state index contributed by atoms with van der Waals surface area (Å²) < 4.78 is 15.1. The number of nitrogens with zero attached hydrogens (tertiary/aromatic N) is 1. The predicted molar refractivity (Wildman–Crippen MR) is 237 cm³/mol. The molecule has 63 heavy (non-hydrogen) atoms. The number of unbranched alkanes of at least 4 members (excludes halogenated alkanes) is 1. The van der Waals surface area contributed by atoms with Crippen LogP contribution < -0.4 is 26.6 Å². The highest BCUT2D eigenvalue weighted by molar-refractivity contribution is 6.31. The van der Waals surface area contributed by atoms with Crippen molar-refractivity contribution in [2.24, 2.45) is 0 Å². The summed E-state index contributed by atoms with van der Waals surface area (Å²) in [7, 11) is 0. The normalized spacial score (nSPS) is 21.7. The SMILES string of the molecule is O=C1Nc2cc(Cl)ccc2[C@@]12C(c1cccc(Cl)c1F)CNC21CCCCC1.O=CNc1ccc(C(=O)NCCCC#Cc2ccc3c(c2)C(=O)N(C2CCC(=O)NC2=O)C3)cc1. The fraction of sp³-hybridized carbons (Fsp3) is 0.333. The van der Waals surface area contributed by atoms with E-state index in [0.29, 0.717) is 78.3 Å². The van der Waals surface area contributed by atoms with Gasteiger partial charge in [0.2, 0.25) is 24.1 Å². The van der Waals surface area contributed by atoms with Crippen LogP contribution in [0.5, 0.6) is 0 Å². The first-order chi connectivity index (χ1) is 30.5. The van der Waals surface area contributed by atoms with Gasteiger partial charge in [-0.2, -0.15) is 0 Å². The van der Waals surface area contributed by atoms with Crippen LogP contribution in [0.1, 0.15) is 107 Å². The van der Waals surface area contributed by atoms with E-state index in [1.165, 1.54) is 4.90 Å². The van der Waals surface area contributed by atoms with Crippen molar-refractivity contribution < 1.29 is 33.2 Å². The highest BCUT2D eigenvalue weighted by Crippen LogP contribution is 2.61. The van der Waals surface area contributed by atoms with Crippen molar-refractivity contribution >= 4 is 70.5 Å². The molecule has 324 valence electrons. The summed E-state index contributed by atoms with van der Waals surface area (Å²) in [5.41, 5.74) is 4.07. The number of fused-ring (bicyclic) bond motifs is 4. The molecule has 0 aromatic heterocycles. The second-order valence-corrected chi connectivity index (χ2v) is 17.3. The van der Waals surface area contributed by atoms with E-state index in [1.54, 1.807) is 54.6 Å². The van der Waals surface area contributed by atoms with Gasteiger partial charge in [0, 0.05) is 77.0 Å². The molecule has 5 aliphatic rings. The summed E-state index contributed by atoms with van der Waals surface area (Å²) in [6, 6.07) is 22.0. The highest BCUT2D eigenvalue weighted by atomic mass is 35.5. The summed E-state index contributed by atoms with van der Waals surface area (Å²) in [5, 5.41) is 15.0. The number of amides is 6. The molecule has 2 unspecified atom stereocenters. The Morgan fingerprint density at radius 3 is 2.51 bits per heavy atom. The molecule has 5 N–H and O–H groups in total. The van der Waals surface area contributed by atoms with Gasteiger partial charge in [-0.3, -0.25) is 34.1 Å². The van der Waals surface area contributed by atoms with Crippen LogP contribution in [0.2, 0.25) is 10.0 Å². The molecule has 9 rings (SSSR count). The Balaban J connectivity index is 0.000000177. The van der Waals surface area contributed by atoms with E-state index in [0.717, 1.165) is 48.9 Å². The van der Waals surface area contributed by atoms with E-state index in [9.17, 15) is 28.8 Å². The minimum Gasteiger partial charge on any atom is -0.352 e. The maximum absolute atomic E-state index is 15.1. The molecular weight excluding hydrogens is 846 g/mol. The first-order valence-corrected chi connectivity index (χ1v) is 21.9. The summed E-state index contributed by atoms with van der Waals surface area (Å²) in [6.45, 7) is 1.34. The van der Waals surface area contributed by atoms with Crippen molar-refractivity contribution in [2.45, 2.75) is 87.2 Å². The molecule has 0 radical (unpaired) electrons. The van der Waals surface area contributed by atoms with Crippen LogP contribution in [0.4, 0.5) is 15.8 Å². The Morgan fingerprint density at radius 2 is 1.75 bits per heavy atom. The molecule has 4 aliphatic heterocycles. The number of hydrogen-bond donors (Lipinski definition) is 5. The van der Waals surface area contributed by atoms with E-state index in [2.05, 4.69) is 38.4 Å². The van der Waals surface area contributed by atoms with Crippen molar-refractivity contribution in [3.8, 4) is 11.8 Å². The minimum absolute atomic E-state index is 0.0685. The summed E-state index contributed by atoms with van der Waals surface area (Å²) >= 11 is 12.3. The van der Waals surface area contributed by atoms with E-state index < -0.39 is 28.7 Å². The van der Waals surface area contributed by atoms with Crippen LogP contribution in [0.15, 0.2) is 78.9 Å². The van der Waals surface area contributed by atoms with Gasteiger partial charge < -0.3 is 26.2 Å². The number of carbonyl (C=O) groups is 6. The zero-order valence-corrected chi connectivity index (χ0v) is 35.8. The number of nitrogens with one attached hydrogen (secondary N) is 5. The fourth-order valence-corrected chi connectivity index (χ4v) is 10.3. The molecule has 2 spiro atoms. The fourth-order valence-electron chi connectivity index (χ4n) is 9.97. The lowest BCUT2D eigenvalue weighted by atomic mass is 9.56. The second kappa shape index (κ2) is 18.3. The Hall–Kier alpha value is -6.07.